The number of carbonyl (C=O) groups excluding carboxylic acids is 1. The molecule has 9 heteroatoms. The van der Waals surface area contributed by atoms with Gasteiger partial charge in [0.25, 0.3) is 0 Å². The third-order valence-electron chi connectivity index (χ3n) is 4.08. The SMILES string of the molecule is CN=C(NCCC(=O)Nc1cccc(Cl)c1C)NCCN(C)CCCOC.I. The summed E-state index contributed by atoms with van der Waals surface area (Å²) in [6.45, 7) is 5.82. The first-order chi connectivity index (χ1) is 13.0. The number of ether oxygens (including phenoxy) is 1. The van der Waals surface area contributed by atoms with Crippen molar-refractivity contribution in [3.8, 4) is 0 Å². The number of rotatable bonds is 11. The van der Waals surface area contributed by atoms with Gasteiger partial charge >= 0.3 is 0 Å². The molecule has 0 saturated heterocycles. The minimum absolute atomic E-state index is 0. The van der Waals surface area contributed by atoms with Gasteiger partial charge in [0.1, 0.15) is 0 Å². The van der Waals surface area contributed by atoms with Gasteiger partial charge in [-0.05, 0) is 38.1 Å². The molecule has 0 radical (unpaired) electrons. The number of methoxy groups -OCH3 is 1. The first-order valence-electron chi connectivity index (χ1n) is 9.15. The largest absolute Gasteiger partial charge is 0.385 e. The van der Waals surface area contributed by atoms with E-state index >= 15 is 0 Å². The molecule has 0 aliphatic rings. The molecule has 0 aromatic heterocycles. The zero-order valence-electron chi connectivity index (χ0n) is 17.2. The van der Waals surface area contributed by atoms with Crippen LogP contribution in [0.25, 0.3) is 0 Å². The predicted molar refractivity (Wildman–Crippen MR) is 128 cm³/mol. The van der Waals surface area contributed by atoms with Gasteiger partial charge in [-0.2, -0.15) is 0 Å². The monoisotopic (exact) mass is 525 g/mol. The lowest BCUT2D eigenvalue weighted by atomic mass is 10.2. The molecule has 1 amide bonds. The zero-order chi connectivity index (χ0) is 20.1. The highest BCUT2D eigenvalue weighted by molar-refractivity contribution is 14.0. The minimum Gasteiger partial charge on any atom is -0.385 e. The fourth-order valence-electron chi connectivity index (χ4n) is 2.43. The maximum absolute atomic E-state index is 12.1. The molecule has 160 valence electrons. The molecule has 0 aliphatic carbocycles. The van der Waals surface area contributed by atoms with Crippen LogP contribution in [0.2, 0.25) is 5.02 Å². The van der Waals surface area contributed by atoms with E-state index in [-0.39, 0.29) is 29.9 Å². The van der Waals surface area contributed by atoms with Crippen LogP contribution in [0.1, 0.15) is 18.4 Å². The van der Waals surface area contributed by atoms with Crippen molar-refractivity contribution < 1.29 is 9.53 Å². The van der Waals surface area contributed by atoms with Gasteiger partial charge < -0.3 is 25.6 Å². The zero-order valence-corrected chi connectivity index (χ0v) is 20.3. The topological polar surface area (TPSA) is 78.0 Å². The van der Waals surface area contributed by atoms with Crippen LogP contribution in [0.15, 0.2) is 23.2 Å². The molecular weight excluding hydrogens is 493 g/mol. The number of benzene rings is 1. The summed E-state index contributed by atoms with van der Waals surface area (Å²) in [5, 5.41) is 9.93. The second-order valence-corrected chi connectivity index (χ2v) is 6.69. The number of hydrogen-bond acceptors (Lipinski definition) is 4. The highest BCUT2D eigenvalue weighted by Crippen LogP contribution is 2.22. The Bertz CT molecular complexity index is 616. The summed E-state index contributed by atoms with van der Waals surface area (Å²) in [7, 11) is 5.51. The van der Waals surface area contributed by atoms with Crippen molar-refractivity contribution in [2.24, 2.45) is 4.99 Å². The Balaban J connectivity index is 0.00000729. The third-order valence-corrected chi connectivity index (χ3v) is 4.49. The average Bonchev–Trinajstić information content (AvgIpc) is 2.64. The first-order valence-corrected chi connectivity index (χ1v) is 9.52. The van der Waals surface area contributed by atoms with Crippen LogP contribution >= 0.6 is 35.6 Å². The van der Waals surface area contributed by atoms with Crippen LogP contribution in [0.4, 0.5) is 5.69 Å². The molecule has 0 fully saturated rings. The Hall–Kier alpha value is -1.10. The molecular formula is C19H33ClIN5O2. The lowest BCUT2D eigenvalue weighted by Gasteiger charge is -2.18. The molecule has 7 nitrogen and oxygen atoms in total. The Morgan fingerprint density at radius 1 is 1.25 bits per heavy atom. The van der Waals surface area contributed by atoms with Crippen LogP contribution in [0, 0.1) is 6.92 Å². The van der Waals surface area contributed by atoms with Gasteiger partial charge in [0.2, 0.25) is 5.91 Å². The number of halogens is 2. The standard InChI is InChI=1S/C19H32ClN5O2.HI/c1-15-16(20)7-5-8-17(15)24-18(26)9-10-22-19(21-2)23-11-13-25(3)12-6-14-27-4;/h5,7-8H,6,9-14H2,1-4H3,(H,24,26)(H2,21,22,23);1H. The summed E-state index contributed by atoms with van der Waals surface area (Å²) >= 11 is 6.07. The van der Waals surface area contributed by atoms with Gasteiger partial charge in [-0.1, -0.05) is 17.7 Å². The number of likely N-dealkylation sites (N-methyl/N-ethyl adjacent to an activating group) is 1. The Labute approximate surface area is 190 Å². The summed E-state index contributed by atoms with van der Waals surface area (Å²) in [5.74, 6) is 0.619. The highest BCUT2D eigenvalue weighted by Gasteiger charge is 2.07. The van der Waals surface area contributed by atoms with E-state index in [1.165, 1.54) is 0 Å². The maximum Gasteiger partial charge on any atom is 0.226 e. The van der Waals surface area contributed by atoms with E-state index in [4.69, 9.17) is 16.3 Å². The van der Waals surface area contributed by atoms with E-state index in [1.807, 2.05) is 19.1 Å². The molecule has 3 N–H and O–H groups in total. The van der Waals surface area contributed by atoms with Crippen molar-refractivity contribution in [2.45, 2.75) is 19.8 Å². The van der Waals surface area contributed by atoms with Crippen molar-refractivity contribution in [3.63, 3.8) is 0 Å². The van der Waals surface area contributed by atoms with Crippen molar-refractivity contribution in [1.82, 2.24) is 15.5 Å². The van der Waals surface area contributed by atoms with Gasteiger partial charge in [0.05, 0.1) is 0 Å². The molecule has 0 bridgehead atoms. The Morgan fingerprint density at radius 2 is 1.96 bits per heavy atom. The molecule has 0 aliphatic heterocycles. The lowest BCUT2D eigenvalue weighted by molar-refractivity contribution is -0.116. The molecule has 0 saturated carbocycles. The Morgan fingerprint density at radius 3 is 2.64 bits per heavy atom. The predicted octanol–water partition coefficient (Wildman–Crippen LogP) is 2.73. The summed E-state index contributed by atoms with van der Waals surface area (Å²) < 4.78 is 5.06. The van der Waals surface area contributed by atoms with E-state index in [0.29, 0.717) is 23.9 Å². The van der Waals surface area contributed by atoms with Crippen molar-refractivity contribution >= 4 is 53.1 Å². The van der Waals surface area contributed by atoms with Gasteiger partial charge in [-0.25, -0.2) is 0 Å². The smallest absolute Gasteiger partial charge is 0.226 e. The van der Waals surface area contributed by atoms with Crippen LogP contribution < -0.4 is 16.0 Å². The van der Waals surface area contributed by atoms with Gasteiger partial charge in [-0.3, -0.25) is 9.79 Å². The van der Waals surface area contributed by atoms with Crippen LogP contribution in [-0.2, 0) is 9.53 Å². The van der Waals surface area contributed by atoms with Crippen molar-refractivity contribution in [1.29, 1.82) is 0 Å². The van der Waals surface area contributed by atoms with E-state index in [1.54, 1.807) is 20.2 Å². The van der Waals surface area contributed by atoms with Gasteiger partial charge in [-0.15, -0.1) is 24.0 Å². The lowest BCUT2D eigenvalue weighted by Crippen LogP contribution is -2.42. The van der Waals surface area contributed by atoms with E-state index in [9.17, 15) is 4.79 Å². The third kappa shape index (κ3) is 11.0. The molecule has 0 atom stereocenters. The molecule has 0 spiro atoms. The van der Waals surface area contributed by atoms with E-state index in [0.717, 1.165) is 43.9 Å². The van der Waals surface area contributed by atoms with E-state index in [2.05, 4.69) is 32.9 Å². The summed E-state index contributed by atoms with van der Waals surface area (Å²) in [6, 6.07) is 5.47. The number of hydrogen-bond donors (Lipinski definition) is 3. The minimum atomic E-state index is -0.0683. The molecule has 0 heterocycles. The number of carbonyl (C=O) groups is 1. The normalized spacial score (nSPS) is 11.1. The molecule has 1 aromatic rings. The number of guanidine groups is 1. The van der Waals surface area contributed by atoms with Gasteiger partial charge in [0.15, 0.2) is 5.96 Å². The first kappa shape index (κ1) is 26.9. The second-order valence-electron chi connectivity index (χ2n) is 6.29. The maximum atomic E-state index is 12.1. The number of aliphatic imine (C=N–C) groups is 1. The number of nitrogens with one attached hydrogen (secondary N) is 3. The molecule has 1 aromatic carbocycles. The average molecular weight is 526 g/mol. The van der Waals surface area contributed by atoms with Crippen LogP contribution in [0.5, 0.6) is 0 Å². The van der Waals surface area contributed by atoms with Crippen molar-refractivity contribution in [3.05, 3.63) is 28.8 Å². The van der Waals surface area contributed by atoms with Crippen LogP contribution in [-0.4, -0.2) is 70.8 Å². The summed E-state index contributed by atoms with van der Waals surface area (Å²) in [6.07, 6.45) is 1.35. The summed E-state index contributed by atoms with van der Waals surface area (Å²) in [4.78, 5) is 18.5. The second kappa shape index (κ2) is 15.8. The quantitative estimate of drug-likeness (QED) is 0.179. The number of amides is 1. The number of anilines is 1. The molecule has 0 unspecified atom stereocenters. The Kier molecular flexibility index (Phi) is 15.2. The fraction of sp³-hybridized carbons (Fsp3) is 0.579. The number of nitrogens with zero attached hydrogens (tertiary/aromatic N) is 2. The van der Waals surface area contributed by atoms with Crippen LogP contribution in [0.3, 0.4) is 0 Å². The highest BCUT2D eigenvalue weighted by atomic mass is 127. The fourth-order valence-corrected chi connectivity index (χ4v) is 2.60. The van der Waals surface area contributed by atoms with E-state index < -0.39 is 0 Å². The molecule has 28 heavy (non-hydrogen) atoms. The van der Waals surface area contributed by atoms with Gasteiger partial charge in [0, 0.05) is 64.1 Å². The molecule has 1 rings (SSSR count). The summed E-state index contributed by atoms with van der Waals surface area (Å²) in [5.41, 5.74) is 1.61. The van der Waals surface area contributed by atoms with Crippen molar-refractivity contribution in [2.75, 3.05) is 59.3 Å².